The highest BCUT2D eigenvalue weighted by Crippen LogP contribution is 1.87. The molecule has 0 aromatic heterocycles. The Bertz CT molecular complexity index is 124. The second-order valence-electron chi connectivity index (χ2n) is 1.41. The molecular formula is C5H9NO2S. The van der Waals surface area contributed by atoms with Gasteiger partial charge < -0.3 is 10.4 Å². The van der Waals surface area contributed by atoms with Crippen LogP contribution in [0.15, 0.2) is 12.3 Å². The van der Waals surface area contributed by atoms with Gasteiger partial charge in [-0.1, -0.05) is 6.08 Å². The van der Waals surface area contributed by atoms with Crippen LogP contribution in [0.2, 0.25) is 0 Å². The summed E-state index contributed by atoms with van der Waals surface area (Å²) in [6, 6.07) is 0. The van der Waals surface area contributed by atoms with E-state index in [0.29, 0.717) is 0 Å². The van der Waals surface area contributed by atoms with Gasteiger partial charge in [0.05, 0.1) is 0 Å². The van der Waals surface area contributed by atoms with Crippen molar-refractivity contribution in [2.75, 3.05) is 0 Å². The maximum absolute atomic E-state index is 10.0. The van der Waals surface area contributed by atoms with Gasteiger partial charge in [0.15, 0.2) is 5.37 Å². The lowest BCUT2D eigenvalue weighted by Gasteiger charge is -2.02. The van der Waals surface area contributed by atoms with E-state index in [1.54, 1.807) is 13.0 Å². The molecule has 2 N–H and O–H groups in total. The van der Waals surface area contributed by atoms with Crippen LogP contribution in [0.5, 0.6) is 0 Å². The van der Waals surface area contributed by atoms with Gasteiger partial charge in [-0.25, -0.2) is 4.79 Å². The van der Waals surface area contributed by atoms with Gasteiger partial charge in [0.25, 0.3) is 0 Å². The Balaban J connectivity index is 3.50. The van der Waals surface area contributed by atoms with Crippen molar-refractivity contribution in [1.82, 2.24) is 5.32 Å². The van der Waals surface area contributed by atoms with Gasteiger partial charge in [-0.3, -0.25) is 0 Å². The van der Waals surface area contributed by atoms with E-state index in [0.717, 1.165) is 0 Å². The topological polar surface area (TPSA) is 49.3 Å². The third kappa shape index (κ3) is 3.90. The molecule has 0 fully saturated rings. The van der Waals surface area contributed by atoms with Gasteiger partial charge in [0.2, 0.25) is 0 Å². The van der Waals surface area contributed by atoms with Crippen molar-refractivity contribution in [1.29, 1.82) is 0 Å². The molecule has 0 spiro atoms. The van der Waals surface area contributed by atoms with Crippen molar-refractivity contribution in [3.63, 3.8) is 0 Å². The monoisotopic (exact) mass is 147 g/mol. The van der Waals surface area contributed by atoms with E-state index in [-0.39, 0.29) is 0 Å². The number of nitrogens with one attached hydrogen (secondary N) is 1. The van der Waals surface area contributed by atoms with Gasteiger partial charge in [-0.15, -0.1) is 12.6 Å². The van der Waals surface area contributed by atoms with Crippen LogP contribution >= 0.6 is 12.6 Å². The zero-order chi connectivity index (χ0) is 7.28. The predicted molar refractivity (Wildman–Crippen MR) is 38.4 cm³/mol. The molecule has 0 aromatic rings. The maximum atomic E-state index is 10.0. The van der Waals surface area contributed by atoms with Gasteiger partial charge in [-0.05, 0) is 13.1 Å². The van der Waals surface area contributed by atoms with Crippen LogP contribution in [0.25, 0.3) is 0 Å². The Morgan fingerprint density at radius 3 is 2.78 bits per heavy atom. The number of rotatable bonds is 3. The maximum Gasteiger partial charge on any atom is 0.336 e. The summed E-state index contributed by atoms with van der Waals surface area (Å²) >= 11 is 3.70. The van der Waals surface area contributed by atoms with Crippen molar-refractivity contribution >= 4 is 18.6 Å². The summed E-state index contributed by atoms with van der Waals surface area (Å²) in [6.45, 7) is 1.79. The first-order valence-corrected chi connectivity index (χ1v) is 2.98. The first kappa shape index (κ1) is 8.36. The molecule has 1 atom stereocenters. The van der Waals surface area contributed by atoms with Crippen LogP contribution in [0.4, 0.5) is 0 Å². The highest BCUT2D eigenvalue weighted by molar-refractivity contribution is 7.81. The van der Waals surface area contributed by atoms with Crippen LogP contribution in [0, 0.1) is 0 Å². The first-order chi connectivity index (χ1) is 4.18. The molecule has 0 rings (SSSR count). The first-order valence-electron chi connectivity index (χ1n) is 2.46. The summed E-state index contributed by atoms with van der Waals surface area (Å²) < 4.78 is 0. The van der Waals surface area contributed by atoms with E-state index in [2.05, 4.69) is 17.9 Å². The van der Waals surface area contributed by atoms with E-state index in [4.69, 9.17) is 5.11 Å². The Morgan fingerprint density at radius 1 is 1.89 bits per heavy atom. The Labute approximate surface area is 59.2 Å². The Hall–Kier alpha value is -0.640. The fraction of sp³-hybridized carbons (Fsp3) is 0.400. The number of carbonyl (C=O) groups is 1. The van der Waals surface area contributed by atoms with Crippen LogP contribution in [-0.4, -0.2) is 16.4 Å². The molecule has 0 aliphatic carbocycles. The van der Waals surface area contributed by atoms with E-state index < -0.39 is 11.3 Å². The van der Waals surface area contributed by atoms with Crippen molar-refractivity contribution in [2.24, 2.45) is 0 Å². The Kier molecular flexibility index (Phi) is 3.96. The number of carboxylic acid groups (broad SMARTS) is 1. The van der Waals surface area contributed by atoms with Crippen molar-refractivity contribution in [3.05, 3.63) is 12.3 Å². The third-order valence-electron chi connectivity index (χ3n) is 0.655. The van der Waals surface area contributed by atoms with Crippen LogP contribution in [-0.2, 0) is 4.79 Å². The smallest absolute Gasteiger partial charge is 0.336 e. The molecule has 4 heteroatoms. The summed E-state index contributed by atoms with van der Waals surface area (Å²) in [5.41, 5.74) is 0. The summed E-state index contributed by atoms with van der Waals surface area (Å²) in [4.78, 5) is 10.0. The van der Waals surface area contributed by atoms with E-state index >= 15 is 0 Å². The highest BCUT2D eigenvalue weighted by atomic mass is 32.1. The molecular weight excluding hydrogens is 138 g/mol. The lowest BCUT2D eigenvalue weighted by Crippen LogP contribution is -2.26. The fourth-order valence-electron chi connectivity index (χ4n) is 0.259. The molecule has 0 aromatic carbocycles. The highest BCUT2D eigenvalue weighted by Gasteiger charge is 2.06. The number of aliphatic carboxylic acids is 1. The van der Waals surface area contributed by atoms with Gasteiger partial charge in [-0.2, -0.15) is 0 Å². The van der Waals surface area contributed by atoms with Gasteiger partial charge in [0.1, 0.15) is 0 Å². The standard InChI is InChI=1S/C5H9NO2S/c1-2-3-6-4(9)5(7)8/h2-4,6,9H,1H3,(H,7,8). The number of carboxylic acids is 1. The summed E-state index contributed by atoms with van der Waals surface area (Å²) in [6.07, 6.45) is 3.23. The predicted octanol–water partition coefficient (Wildman–Crippen LogP) is 0.450. The minimum absolute atomic E-state index is 0.804. The summed E-state index contributed by atoms with van der Waals surface area (Å²) in [7, 11) is 0. The minimum atomic E-state index is -0.976. The van der Waals surface area contributed by atoms with Crippen molar-refractivity contribution in [2.45, 2.75) is 12.3 Å². The molecule has 1 unspecified atom stereocenters. The van der Waals surface area contributed by atoms with Crippen LogP contribution in [0.3, 0.4) is 0 Å². The molecule has 0 bridgehead atoms. The molecule has 52 valence electrons. The van der Waals surface area contributed by atoms with E-state index in [1.807, 2.05) is 0 Å². The van der Waals surface area contributed by atoms with Crippen molar-refractivity contribution in [3.8, 4) is 0 Å². The van der Waals surface area contributed by atoms with Crippen LogP contribution in [0.1, 0.15) is 6.92 Å². The normalized spacial score (nSPS) is 13.6. The zero-order valence-corrected chi connectivity index (χ0v) is 5.93. The molecule has 3 nitrogen and oxygen atoms in total. The number of hydrogen-bond donors (Lipinski definition) is 3. The number of hydrogen-bond acceptors (Lipinski definition) is 3. The van der Waals surface area contributed by atoms with Crippen molar-refractivity contribution < 1.29 is 9.90 Å². The second kappa shape index (κ2) is 4.26. The SMILES string of the molecule is CC=CNC(S)C(=O)O. The van der Waals surface area contributed by atoms with E-state index in [9.17, 15) is 4.79 Å². The van der Waals surface area contributed by atoms with E-state index in [1.165, 1.54) is 6.20 Å². The number of thiol groups is 1. The fourth-order valence-corrected chi connectivity index (χ4v) is 0.345. The molecule has 0 saturated heterocycles. The second-order valence-corrected chi connectivity index (χ2v) is 1.92. The van der Waals surface area contributed by atoms with Crippen LogP contribution < -0.4 is 5.32 Å². The summed E-state index contributed by atoms with van der Waals surface area (Å²) in [5, 5.41) is 9.95. The lowest BCUT2D eigenvalue weighted by atomic mass is 10.6. The summed E-state index contributed by atoms with van der Waals surface area (Å²) in [5.74, 6) is -0.976. The molecule has 0 radical (unpaired) electrons. The molecule has 0 heterocycles. The van der Waals surface area contributed by atoms with Gasteiger partial charge in [0, 0.05) is 0 Å². The molecule has 0 aliphatic heterocycles. The zero-order valence-electron chi connectivity index (χ0n) is 5.03. The average molecular weight is 147 g/mol. The lowest BCUT2D eigenvalue weighted by molar-refractivity contribution is -0.136. The molecule has 9 heavy (non-hydrogen) atoms. The molecule has 0 saturated carbocycles. The third-order valence-corrected chi connectivity index (χ3v) is 1.02. The average Bonchev–Trinajstić information content (AvgIpc) is 1.82. The molecule has 0 aliphatic rings. The minimum Gasteiger partial charge on any atom is -0.479 e. The molecule has 0 amide bonds. The quantitative estimate of drug-likeness (QED) is 0.401. The number of allylic oxidation sites excluding steroid dienone is 1. The Morgan fingerprint density at radius 2 is 2.44 bits per heavy atom. The van der Waals surface area contributed by atoms with Gasteiger partial charge >= 0.3 is 5.97 Å². The largest absolute Gasteiger partial charge is 0.479 e.